The van der Waals surface area contributed by atoms with E-state index in [-0.39, 0.29) is 18.1 Å². The van der Waals surface area contributed by atoms with Crippen LogP contribution in [0.25, 0.3) is 0 Å². The average molecular weight is 290 g/mol. The van der Waals surface area contributed by atoms with Crippen LogP contribution < -0.4 is 14.5 Å². The third kappa shape index (κ3) is 2.20. The second kappa shape index (κ2) is 4.95. The Balaban J connectivity index is 1.92. The van der Waals surface area contributed by atoms with Crippen molar-refractivity contribution in [2.75, 3.05) is 23.4 Å². The summed E-state index contributed by atoms with van der Waals surface area (Å²) in [5.41, 5.74) is 1.44. The molecule has 2 aliphatic heterocycles. The number of rotatable bonds is 2. The molecule has 0 aliphatic carbocycles. The summed E-state index contributed by atoms with van der Waals surface area (Å²) in [7, 11) is 1.72. The highest BCUT2D eigenvalue weighted by atomic mass is 16.6. The predicted octanol–water partition coefficient (Wildman–Crippen LogP) is 2.17. The number of carbonyl (C=O) groups is 2. The molecule has 2 aliphatic rings. The van der Waals surface area contributed by atoms with Crippen LogP contribution in [0.2, 0.25) is 0 Å². The standard InChI is InChI=1S/C15H18N2O4/c1-4-11-8-17(15(19)21-11)10-5-6-12-13(7-10)20-9(2)14(18)16(12)3/h5-7,9,11H,4,8H2,1-3H3/t9?,11-/m0/s1. The third-order valence-electron chi connectivity index (χ3n) is 3.93. The number of cyclic esters (lactones) is 1. The summed E-state index contributed by atoms with van der Waals surface area (Å²) in [5, 5.41) is 0. The van der Waals surface area contributed by atoms with Crippen molar-refractivity contribution in [3.05, 3.63) is 18.2 Å². The normalized spacial score (nSPS) is 24.7. The topological polar surface area (TPSA) is 59.1 Å². The van der Waals surface area contributed by atoms with Gasteiger partial charge >= 0.3 is 6.09 Å². The maximum Gasteiger partial charge on any atom is 0.414 e. The average Bonchev–Trinajstić information content (AvgIpc) is 2.85. The Morgan fingerprint density at radius 1 is 1.29 bits per heavy atom. The number of benzene rings is 1. The monoisotopic (exact) mass is 290 g/mol. The molecular weight excluding hydrogens is 272 g/mol. The fourth-order valence-electron chi connectivity index (χ4n) is 2.62. The number of ether oxygens (including phenoxy) is 2. The molecular formula is C15H18N2O4. The molecule has 0 N–H and O–H groups in total. The first kappa shape index (κ1) is 13.7. The summed E-state index contributed by atoms with van der Waals surface area (Å²) >= 11 is 0. The largest absolute Gasteiger partial charge is 0.479 e. The lowest BCUT2D eigenvalue weighted by molar-refractivity contribution is -0.125. The molecule has 0 aromatic heterocycles. The maximum absolute atomic E-state index is 11.9. The van der Waals surface area contributed by atoms with Gasteiger partial charge in [-0.2, -0.15) is 0 Å². The number of carbonyl (C=O) groups excluding carboxylic acids is 2. The van der Waals surface area contributed by atoms with Gasteiger partial charge in [-0.25, -0.2) is 4.79 Å². The number of likely N-dealkylation sites (N-methyl/N-ethyl adjacent to an activating group) is 1. The van der Waals surface area contributed by atoms with Crippen molar-refractivity contribution in [2.24, 2.45) is 0 Å². The van der Waals surface area contributed by atoms with Crippen molar-refractivity contribution in [1.29, 1.82) is 0 Å². The molecule has 2 heterocycles. The van der Waals surface area contributed by atoms with Crippen LogP contribution in [0.5, 0.6) is 5.75 Å². The minimum atomic E-state index is -0.522. The van der Waals surface area contributed by atoms with Crippen LogP contribution in [0.1, 0.15) is 20.3 Å². The Morgan fingerprint density at radius 2 is 2.05 bits per heavy atom. The third-order valence-corrected chi connectivity index (χ3v) is 3.93. The highest BCUT2D eigenvalue weighted by molar-refractivity contribution is 6.00. The fourth-order valence-corrected chi connectivity index (χ4v) is 2.62. The predicted molar refractivity (Wildman–Crippen MR) is 77.8 cm³/mol. The summed E-state index contributed by atoms with van der Waals surface area (Å²) in [4.78, 5) is 26.9. The molecule has 6 nitrogen and oxygen atoms in total. The number of anilines is 2. The minimum Gasteiger partial charge on any atom is -0.479 e. The van der Waals surface area contributed by atoms with E-state index in [2.05, 4.69) is 0 Å². The molecule has 112 valence electrons. The van der Waals surface area contributed by atoms with Gasteiger partial charge in [-0.05, 0) is 25.5 Å². The maximum atomic E-state index is 11.9. The van der Waals surface area contributed by atoms with E-state index in [4.69, 9.17) is 9.47 Å². The van der Waals surface area contributed by atoms with Crippen molar-refractivity contribution >= 4 is 23.4 Å². The molecule has 1 unspecified atom stereocenters. The van der Waals surface area contributed by atoms with E-state index in [9.17, 15) is 9.59 Å². The first-order valence-electron chi connectivity index (χ1n) is 7.07. The van der Waals surface area contributed by atoms with Gasteiger partial charge in [-0.3, -0.25) is 9.69 Å². The number of hydrogen-bond donors (Lipinski definition) is 0. The van der Waals surface area contributed by atoms with Crippen LogP contribution in [0.3, 0.4) is 0 Å². The lowest BCUT2D eigenvalue weighted by Crippen LogP contribution is -2.42. The SMILES string of the molecule is CC[C@H]1CN(c2ccc3c(c2)OC(C)C(=O)N3C)C(=O)O1. The first-order valence-corrected chi connectivity index (χ1v) is 7.07. The van der Waals surface area contributed by atoms with Crippen LogP contribution in [-0.4, -0.2) is 37.8 Å². The van der Waals surface area contributed by atoms with E-state index in [1.54, 1.807) is 42.0 Å². The van der Waals surface area contributed by atoms with Crippen molar-refractivity contribution in [3.8, 4) is 5.75 Å². The van der Waals surface area contributed by atoms with E-state index in [1.807, 2.05) is 6.92 Å². The molecule has 21 heavy (non-hydrogen) atoms. The molecule has 0 bridgehead atoms. The zero-order chi connectivity index (χ0) is 15.1. The van der Waals surface area contributed by atoms with Gasteiger partial charge in [-0.1, -0.05) is 6.92 Å². The van der Waals surface area contributed by atoms with Crippen LogP contribution in [-0.2, 0) is 9.53 Å². The molecule has 0 radical (unpaired) electrons. The molecule has 1 fully saturated rings. The van der Waals surface area contributed by atoms with Gasteiger partial charge in [0.1, 0.15) is 11.9 Å². The Hall–Kier alpha value is -2.24. The van der Waals surface area contributed by atoms with E-state index < -0.39 is 6.10 Å². The molecule has 1 aromatic carbocycles. The zero-order valence-corrected chi connectivity index (χ0v) is 12.3. The fraction of sp³-hybridized carbons (Fsp3) is 0.467. The van der Waals surface area contributed by atoms with Crippen molar-refractivity contribution < 1.29 is 19.1 Å². The lowest BCUT2D eigenvalue weighted by Gasteiger charge is -2.31. The van der Waals surface area contributed by atoms with E-state index in [0.717, 1.165) is 12.1 Å². The zero-order valence-electron chi connectivity index (χ0n) is 12.3. The second-order valence-electron chi connectivity index (χ2n) is 5.33. The van der Waals surface area contributed by atoms with Crippen LogP contribution in [0.15, 0.2) is 18.2 Å². The second-order valence-corrected chi connectivity index (χ2v) is 5.33. The number of nitrogens with zero attached hydrogens (tertiary/aromatic N) is 2. The Labute approximate surface area is 123 Å². The molecule has 2 amide bonds. The summed E-state index contributed by atoms with van der Waals surface area (Å²) < 4.78 is 10.9. The Bertz CT molecular complexity index is 601. The number of fused-ring (bicyclic) bond motifs is 1. The molecule has 2 atom stereocenters. The summed E-state index contributed by atoms with van der Waals surface area (Å²) in [5.74, 6) is 0.525. The molecule has 0 spiro atoms. The van der Waals surface area contributed by atoms with Gasteiger partial charge in [0.2, 0.25) is 0 Å². The molecule has 3 rings (SSSR count). The highest BCUT2D eigenvalue weighted by Crippen LogP contribution is 2.37. The van der Waals surface area contributed by atoms with Crippen LogP contribution in [0, 0.1) is 0 Å². The Morgan fingerprint density at radius 3 is 2.71 bits per heavy atom. The number of amides is 2. The highest BCUT2D eigenvalue weighted by Gasteiger charge is 2.33. The van der Waals surface area contributed by atoms with Crippen LogP contribution >= 0.6 is 0 Å². The van der Waals surface area contributed by atoms with E-state index in [0.29, 0.717) is 18.0 Å². The van der Waals surface area contributed by atoms with Crippen molar-refractivity contribution in [1.82, 2.24) is 0 Å². The smallest absolute Gasteiger partial charge is 0.414 e. The van der Waals surface area contributed by atoms with Gasteiger partial charge in [-0.15, -0.1) is 0 Å². The quantitative estimate of drug-likeness (QED) is 0.837. The van der Waals surface area contributed by atoms with Gasteiger partial charge in [0.15, 0.2) is 6.10 Å². The minimum absolute atomic E-state index is 0.0716. The summed E-state index contributed by atoms with van der Waals surface area (Å²) in [6.45, 7) is 4.24. The van der Waals surface area contributed by atoms with Gasteiger partial charge in [0.05, 0.1) is 17.9 Å². The number of hydrogen-bond acceptors (Lipinski definition) is 4. The lowest BCUT2D eigenvalue weighted by atomic mass is 10.1. The van der Waals surface area contributed by atoms with Gasteiger partial charge in [0, 0.05) is 13.1 Å². The van der Waals surface area contributed by atoms with E-state index in [1.165, 1.54) is 0 Å². The van der Waals surface area contributed by atoms with Gasteiger partial charge in [0.25, 0.3) is 5.91 Å². The Kier molecular flexibility index (Phi) is 3.23. The summed E-state index contributed by atoms with van der Waals surface area (Å²) in [6, 6.07) is 5.39. The van der Waals surface area contributed by atoms with Crippen molar-refractivity contribution in [3.63, 3.8) is 0 Å². The summed E-state index contributed by atoms with van der Waals surface area (Å²) in [6.07, 6.45) is -0.141. The molecule has 1 saturated heterocycles. The van der Waals surface area contributed by atoms with Gasteiger partial charge < -0.3 is 14.4 Å². The van der Waals surface area contributed by atoms with Crippen molar-refractivity contribution in [2.45, 2.75) is 32.5 Å². The van der Waals surface area contributed by atoms with Crippen LogP contribution in [0.4, 0.5) is 16.2 Å². The molecule has 6 heteroatoms. The first-order chi connectivity index (χ1) is 10.0. The molecule has 0 saturated carbocycles. The van der Waals surface area contributed by atoms with E-state index >= 15 is 0 Å². The molecule has 1 aromatic rings.